The van der Waals surface area contributed by atoms with Gasteiger partial charge >= 0.3 is 0 Å². The van der Waals surface area contributed by atoms with E-state index < -0.39 is 34.7 Å². The molecule has 0 spiro atoms. The van der Waals surface area contributed by atoms with E-state index in [0.717, 1.165) is 0 Å². The number of hydrogen-bond acceptors (Lipinski definition) is 2. The fourth-order valence-corrected chi connectivity index (χ4v) is 1.72. The van der Waals surface area contributed by atoms with Crippen LogP contribution in [-0.4, -0.2) is 19.0 Å². The van der Waals surface area contributed by atoms with Crippen LogP contribution in [0.5, 0.6) is 0 Å². The lowest BCUT2D eigenvalue weighted by molar-refractivity contribution is 0.0891. The van der Waals surface area contributed by atoms with E-state index in [1.807, 2.05) is 0 Å². The monoisotopic (exact) mass is 230 g/mol. The van der Waals surface area contributed by atoms with Crippen LogP contribution in [0.25, 0.3) is 0 Å². The number of carbonyl (C=O) groups excluding carboxylic acids is 1. The molecule has 1 fully saturated rings. The van der Waals surface area contributed by atoms with Crippen molar-refractivity contribution >= 4 is 5.78 Å². The van der Waals surface area contributed by atoms with Gasteiger partial charge in [0.2, 0.25) is 0 Å². The maximum atomic E-state index is 13.3. The molecule has 0 bridgehead atoms. The molecule has 5 heteroatoms. The second-order valence-electron chi connectivity index (χ2n) is 3.67. The smallest absolute Gasteiger partial charge is 0.174 e. The molecule has 1 saturated heterocycles. The lowest BCUT2D eigenvalue weighted by Crippen LogP contribution is -2.18. The van der Waals surface area contributed by atoms with E-state index in [9.17, 15) is 18.0 Å². The minimum atomic E-state index is -1.16. The van der Waals surface area contributed by atoms with Gasteiger partial charge in [-0.1, -0.05) is 0 Å². The number of ketones is 1. The summed E-state index contributed by atoms with van der Waals surface area (Å²) >= 11 is 0. The van der Waals surface area contributed by atoms with E-state index in [1.54, 1.807) is 0 Å². The average Bonchev–Trinajstić information content (AvgIpc) is 2.67. The van der Waals surface area contributed by atoms with Gasteiger partial charge in [-0.3, -0.25) is 4.79 Å². The largest absolute Gasteiger partial charge is 0.381 e. The summed E-state index contributed by atoms with van der Waals surface area (Å²) in [5, 5.41) is 0. The van der Waals surface area contributed by atoms with Gasteiger partial charge in [-0.2, -0.15) is 0 Å². The summed E-state index contributed by atoms with van der Waals surface area (Å²) in [6.07, 6.45) is 0.440. The van der Waals surface area contributed by atoms with Crippen molar-refractivity contribution in [1.29, 1.82) is 0 Å². The zero-order chi connectivity index (χ0) is 11.7. The summed E-state index contributed by atoms with van der Waals surface area (Å²) in [5.74, 6) is -4.54. The van der Waals surface area contributed by atoms with Crippen LogP contribution >= 0.6 is 0 Å². The van der Waals surface area contributed by atoms with E-state index in [-0.39, 0.29) is 6.61 Å². The molecular formula is C11H9F3O2. The first-order chi connectivity index (χ1) is 7.59. The number of hydrogen-bond donors (Lipinski definition) is 0. The molecule has 0 saturated carbocycles. The van der Waals surface area contributed by atoms with Gasteiger partial charge in [0.15, 0.2) is 5.78 Å². The molecule has 2 rings (SSSR count). The van der Waals surface area contributed by atoms with Gasteiger partial charge in [0.05, 0.1) is 12.2 Å². The maximum absolute atomic E-state index is 13.3. The summed E-state index contributed by atoms with van der Waals surface area (Å²) in [6, 6.07) is 1.01. The third-order valence-electron chi connectivity index (χ3n) is 2.55. The number of ether oxygens (including phenoxy) is 1. The highest BCUT2D eigenvalue weighted by atomic mass is 19.1. The van der Waals surface area contributed by atoms with Gasteiger partial charge in [-0.15, -0.1) is 0 Å². The standard InChI is InChI=1S/C11H9F3O2/c12-7-3-8(13)10(9(14)4-7)11(15)6-1-2-16-5-6/h3-4,6H,1-2,5H2. The molecular weight excluding hydrogens is 221 g/mol. The Morgan fingerprint density at radius 3 is 2.38 bits per heavy atom. The number of Topliss-reactive ketones (excluding diaryl/α,β-unsaturated/α-hetero) is 1. The van der Waals surface area contributed by atoms with E-state index in [0.29, 0.717) is 25.2 Å². The highest BCUT2D eigenvalue weighted by Crippen LogP contribution is 2.23. The van der Waals surface area contributed by atoms with Gasteiger partial charge in [0.25, 0.3) is 0 Å². The van der Waals surface area contributed by atoms with E-state index in [4.69, 9.17) is 4.74 Å². The van der Waals surface area contributed by atoms with Gasteiger partial charge in [-0.05, 0) is 6.42 Å². The van der Waals surface area contributed by atoms with Crippen molar-refractivity contribution in [3.63, 3.8) is 0 Å². The number of halogens is 3. The molecule has 86 valence electrons. The highest BCUT2D eigenvalue weighted by Gasteiger charge is 2.29. The Balaban J connectivity index is 2.35. The summed E-state index contributed by atoms with van der Waals surface area (Å²) in [7, 11) is 0. The quantitative estimate of drug-likeness (QED) is 0.729. The van der Waals surface area contributed by atoms with Crippen molar-refractivity contribution in [3.05, 3.63) is 35.1 Å². The Morgan fingerprint density at radius 2 is 1.88 bits per heavy atom. The molecule has 1 aromatic rings. The Labute approximate surface area is 90.0 Å². The van der Waals surface area contributed by atoms with Crippen LogP contribution in [0.4, 0.5) is 13.2 Å². The van der Waals surface area contributed by atoms with Crippen LogP contribution in [-0.2, 0) is 4.74 Å². The fourth-order valence-electron chi connectivity index (χ4n) is 1.72. The topological polar surface area (TPSA) is 26.3 Å². The van der Waals surface area contributed by atoms with Crippen molar-refractivity contribution in [1.82, 2.24) is 0 Å². The first-order valence-electron chi connectivity index (χ1n) is 4.86. The number of rotatable bonds is 2. The molecule has 1 aromatic carbocycles. The number of carbonyl (C=O) groups is 1. The summed E-state index contributed by atoms with van der Waals surface area (Å²) in [4.78, 5) is 11.7. The van der Waals surface area contributed by atoms with Crippen LogP contribution in [0, 0.1) is 23.4 Å². The van der Waals surface area contributed by atoms with Crippen molar-refractivity contribution in [2.45, 2.75) is 6.42 Å². The molecule has 0 radical (unpaired) electrons. The van der Waals surface area contributed by atoms with Gasteiger partial charge in [-0.25, -0.2) is 13.2 Å². The highest BCUT2D eigenvalue weighted by molar-refractivity contribution is 5.98. The van der Waals surface area contributed by atoms with Crippen molar-refractivity contribution < 1.29 is 22.7 Å². The molecule has 1 heterocycles. The van der Waals surface area contributed by atoms with Crippen molar-refractivity contribution in [2.75, 3.05) is 13.2 Å². The second-order valence-corrected chi connectivity index (χ2v) is 3.67. The Bertz CT molecular complexity index is 402. The van der Waals surface area contributed by atoms with Crippen molar-refractivity contribution in [3.8, 4) is 0 Å². The van der Waals surface area contributed by atoms with Crippen molar-refractivity contribution in [2.24, 2.45) is 5.92 Å². The molecule has 1 aliphatic rings. The summed E-state index contributed by atoms with van der Waals surface area (Å²) in [6.45, 7) is 0.565. The molecule has 1 unspecified atom stereocenters. The zero-order valence-corrected chi connectivity index (χ0v) is 8.30. The third kappa shape index (κ3) is 1.95. The molecule has 1 atom stereocenters. The lowest BCUT2D eigenvalue weighted by Gasteiger charge is -2.08. The predicted molar refractivity (Wildman–Crippen MR) is 49.6 cm³/mol. The maximum Gasteiger partial charge on any atom is 0.174 e. The summed E-state index contributed by atoms with van der Waals surface area (Å²) in [5.41, 5.74) is -0.670. The molecule has 0 N–H and O–H groups in total. The van der Waals surface area contributed by atoms with Gasteiger partial charge in [0, 0.05) is 24.7 Å². The number of benzene rings is 1. The SMILES string of the molecule is O=C(c1c(F)cc(F)cc1F)C1CCOC1. The molecule has 1 aliphatic heterocycles. The first-order valence-corrected chi connectivity index (χ1v) is 4.86. The fraction of sp³-hybridized carbons (Fsp3) is 0.364. The summed E-state index contributed by atoms with van der Waals surface area (Å²) < 4.78 is 44.1. The van der Waals surface area contributed by atoms with Gasteiger partial charge < -0.3 is 4.74 Å². The minimum absolute atomic E-state index is 0.162. The average molecular weight is 230 g/mol. The second kappa shape index (κ2) is 4.25. The zero-order valence-electron chi connectivity index (χ0n) is 8.30. The Hall–Kier alpha value is -1.36. The molecule has 0 aliphatic carbocycles. The molecule has 0 aromatic heterocycles. The first kappa shape index (κ1) is 11.1. The van der Waals surface area contributed by atoms with Gasteiger partial charge in [0.1, 0.15) is 17.5 Å². The molecule has 16 heavy (non-hydrogen) atoms. The third-order valence-corrected chi connectivity index (χ3v) is 2.55. The van der Waals surface area contributed by atoms with E-state index in [1.165, 1.54) is 0 Å². The van der Waals surface area contributed by atoms with E-state index in [2.05, 4.69) is 0 Å². The van der Waals surface area contributed by atoms with Crippen LogP contribution in [0.3, 0.4) is 0 Å². The lowest BCUT2D eigenvalue weighted by atomic mass is 9.96. The predicted octanol–water partition coefficient (Wildman–Crippen LogP) is 2.32. The minimum Gasteiger partial charge on any atom is -0.381 e. The van der Waals surface area contributed by atoms with E-state index >= 15 is 0 Å². The van der Waals surface area contributed by atoms with Crippen LogP contribution in [0.1, 0.15) is 16.8 Å². The van der Waals surface area contributed by atoms with Crippen LogP contribution in [0.15, 0.2) is 12.1 Å². The molecule has 2 nitrogen and oxygen atoms in total. The van der Waals surface area contributed by atoms with Crippen LogP contribution in [0.2, 0.25) is 0 Å². The molecule has 0 amide bonds. The Kier molecular flexibility index (Phi) is 2.96. The normalized spacial score (nSPS) is 20.1. The Morgan fingerprint density at radius 1 is 1.25 bits per heavy atom. The van der Waals surface area contributed by atoms with Crippen LogP contribution < -0.4 is 0 Å².